The van der Waals surface area contributed by atoms with Gasteiger partial charge in [0.05, 0.1) is 12.8 Å². The van der Waals surface area contributed by atoms with Crippen LogP contribution in [-0.2, 0) is 19.1 Å². The van der Waals surface area contributed by atoms with Crippen molar-refractivity contribution in [2.45, 2.75) is 53.0 Å². The Morgan fingerprint density at radius 2 is 1.04 bits per heavy atom. The van der Waals surface area contributed by atoms with Gasteiger partial charge in [0.25, 0.3) is 0 Å². The van der Waals surface area contributed by atoms with Crippen LogP contribution in [0.4, 0.5) is 0 Å². The zero-order chi connectivity index (χ0) is 18.5. The first-order valence-electron chi connectivity index (χ1n) is 8.54. The smallest absolute Gasteiger partial charge is 0.306 e. The number of rotatable bonds is 13. The molecule has 0 saturated heterocycles. The molecule has 0 aliphatic carbocycles. The second-order valence-corrected chi connectivity index (χ2v) is 5.27. The number of ether oxygens (including phenoxy) is 2. The zero-order valence-corrected chi connectivity index (χ0v) is 15.2. The van der Waals surface area contributed by atoms with Crippen LogP contribution in [0.25, 0.3) is 0 Å². The molecule has 0 radical (unpaired) electrons. The summed E-state index contributed by atoms with van der Waals surface area (Å²) in [6, 6.07) is 0. The molecule has 0 heterocycles. The first kappa shape index (κ1) is 22.8. The number of nitrogens with zero attached hydrogens (tertiary/aromatic N) is 2. The van der Waals surface area contributed by atoms with E-state index in [0.717, 1.165) is 0 Å². The molecule has 0 aliphatic heterocycles. The maximum absolute atomic E-state index is 11.6. The van der Waals surface area contributed by atoms with Crippen LogP contribution in [0.3, 0.4) is 0 Å². The summed E-state index contributed by atoms with van der Waals surface area (Å²) in [4.78, 5) is 26.6. The Kier molecular flexibility index (Phi) is 12.4. The fourth-order valence-corrected chi connectivity index (χ4v) is 2.18. The third-order valence-electron chi connectivity index (χ3n) is 3.79. The predicted molar refractivity (Wildman–Crippen MR) is 89.0 cm³/mol. The molecule has 0 bridgehead atoms. The topological polar surface area (TPSA) is 99.5 Å². The average Bonchev–Trinajstić information content (AvgIpc) is 2.58. The van der Waals surface area contributed by atoms with E-state index in [0.29, 0.717) is 26.2 Å². The molecule has 0 aromatic heterocycles. The Hall–Kier alpha value is -1.22. The molecule has 0 amide bonds. The molecule has 8 nitrogen and oxygen atoms in total. The molecular weight excluding hydrogens is 316 g/mol. The highest BCUT2D eigenvalue weighted by Gasteiger charge is 2.17. The van der Waals surface area contributed by atoms with E-state index in [9.17, 15) is 19.8 Å². The van der Waals surface area contributed by atoms with Crippen molar-refractivity contribution in [3.8, 4) is 0 Å². The lowest BCUT2D eigenvalue weighted by molar-refractivity contribution is -0.157. The van der Waals surface area contributed by atoms with Gasteiger partial charge in [-0.1, -0.05) is 27.7 Å². The van der Waals surface area contributed by atoms with E-state index in [4.69, 9.17) is 9.47 Å². The molecule has 0 spiro atoms. The van der Waals surface area contributed by atoms with Crippen molar-refractivity contribution in [2.24, 2.45) is 0 Å². The van der Waals surface area contributed by atoms with Crippen molar-refractivity contribution in [2.75, 3.05) is 39.4 Å². The van der Waals surface area contributed by atoms with E-state index in [-0.39, 0.29) is 26.1 Å². The molecule has 0 saturated carbocycles. The van der Waals surface area contributed by atoms with Gasteiger partial charge >= 0.3 is 11.9 Å². The Morgan fingerprint density at radius 1 is 0.750 bits per heavy atom. The van der Waals surface area contributed by atoms with Crippen LogP contribution < -0.4 is 0 Å². The van der Waals surface area contributed by atoms with Gasteiger partial charge in [-0.15, -0.1) is 0 Å². The van der Waals surface area contributed by atoms with Gasteiger partial charge in [0.15, 0.2) is 0 Å². The van der Waals surface area contributed by atoms with Gasteiger partial charge in [0.1, 0.15) is 25.7 Å². The first-order valence-corrected chi connectivity index (χ1v) is 8.54. The number of esters is 2. The molecule has 0 fully saturated rings. The minimum absolute atomic E-state index is 0.120. The summed E-state index contributed by atoms with van der Waals surface area (Å²) in [5.41, 5.74) is 0. The molecule has 0 aromatic rings. The van der Waals surface area contributed by atoms with E-state index < -0.39 is 24.4 Å². The van der Waals surface area contributed by atoms with Crippen LogP contribution in [0, 0.1) is 0 Å². The standard InChI is InChI=1S/C16H32N2O6/c1-5-17(6-2)13(19)11-23-15(21)9-10-16(22)24-12-14(20)18(7-3)8-4/h13-14,19-20H,5-12H2,1-4H3. The van der Waals surface area contributed by atoms with Crippen LogP contribution >= 0.6 is 0 Å². The van der Waals surface area contributed by atoms with Gasteiger partial charge < -0.3 is 19.7 Å². The maximum atomic E-state index is 11.6. The van der Waals surface area contributed by atoms with Crippen molar-refractivity contribution >= 4 is 11.9 Å². The number of hydrogen-bond acceptors (Lipinski definition) is 8. The zero-order valence-electron chi connectivity index (χ0n) is 15.2. The molecule has 2 unspecified atom stereocenters. The summed E-state index contributed by atoms with van der Waals surface area (Å²) >= 11 is 0. The molecule has 8 heteroatoms. The lowest BCUT2D eigenvalue weighted by Gasteiger charge is -2.24. The number of likely N-dealkylation sites (N-methyl/N-ethyl adjacent to an activating group) is 2. The third kappa shape index (κ3) is 9.17. The Bertz CT molecular complexity index is 324. The van der Waals surface area contributed by atoms with Crippen molar-refractivity contribution in [1.82, 2.24) is 9.80 Å². The second-order valence-electron chi connectivity index (χ2n) is 5.27. The summed E-state index contributed by atoms with van der Waals surface area (Å²) in [5, 5.41) is 19.6. The van der Waals surface area contributed by atoms with Gasteiger partial charge in [-0.05, 0) is 26.2 Å². The van der Waals surface area contributed by atoms with Gasteiger partial charge in [0, 0.05) is 0 Å². The van der Waals surface area contributed by atoms with E-state index in [1.807, 2.05) is 27.7 Å². The summed E-state index contributed by atoms with van der Waals surface area (Å²) in [6.45, 7) is 9.94. The summed E-state index contributed by atoms with van der Waals surface area (Å²) < 4.78 is 9.88. The van der Waals surface area contributed by atoms with E-state index in [2.05, 4.69) is 0 Å². The highest BCUT2D eigenvalue weighted by atomic mass is 16.6. The van der Waals surface area contributed by atoms with Gasteiger partial charge in [-0.3, -0.25) is 19.4 Å². The second kappa shape index (κ2) is 13.1. The van der Waals surface area contributed by atoms with Gasteiger partial charge in [-0.25, -0.2) is 0 Å². The Balaban J connectivity index is 3.95. The molecule has 142 valence electrons. The first-order chi connectivity index (χ1) is 11.4. The predicted octanol–water partition coefficient (Wildman–Crippen LogP) is 0.173. The number of aliphatic hydroxyl groups is 2. The lowest BCUT2D eigenvalue weighted by atomic mass is 10.3. The number of hydrogen-bond donors (Lipinski definition) is 2. The van der Waals surface area contributed by atoms with Crippen LogP contribution in [-0.4, -0.2) is 83.8 Å². The van der Waals surface area contributed by atoms with E-state index in [1.165, 1.54) is 0 Å². The van der Waals surface area contributed by atoms with Gasteiger partial charge in [0.2, 0.25) is 0 Å². The van der Waals surface area contributed by atoms with Gasteiger partial charge in [-0.2, -0.15) is 0 Å². The van der Waals surface area contributed by atoms with Crippen molar-refractivity contribution in [3.05, 3.63) is 0 Å². The van der Waals surface area contributed by atoms with Crippen LogP contribution in [0.15, 0.2) is 0 Å². The highest BCUT2D eigenvalue weighted by Crippen LogP contribution is 2.02. The molecule has 2 N–H and O–H groups in total. The highest BCUT2D eigenvalue weighted by molar-refractivity contribution is 5.77. The molecule has 0 aliphatic rings. The Morgan fingerprint density at radius 3 is 1.29 bits per heavy atom. The SMILES string of the molecule is CCN(CC)C(O)COC(=O)CCC(=O)OCC(O)N(CC)CC. The van der Waals surface area contributed by atoms with E-state index in [1.54, 1.807) is 9.80 Å². The summed E-state index contributed by atoms with van der Waals surface area (Å²) in [7, 11) is 0. The minimum atomic E-state index is -0.847. The minimum Gasteiger partial charge on any atom is -0.461 e. The van der Waals surface area contributed by atoms with Crippen LogP contribution in [0.2, 0.25) is 0 Å². The van der Waals surface area contributed by atoms with Crippen molar-refractivity contribution < 1.29 is 29.3 Å². The molecule has 0 rings (SSSR count). The molecule has 0 aromatic carbocycles. The Labute approximate surface area is 144 Å². The number of carbonyl (C=O) groups excluding carboxylic acids is 2. The van der Waals surface area contributed by atoms with Crippen molar-refractivity contribution in [3.63, 3.8) is 0 Å². The van der Waals surface area contributed by atoms with E-state index >= 15 is 0 Å². The fourth-order valence-electron chi connectivity index (χ4n) is 2.18. The quantitative estimate of drug-likeness (QED) is 0.359. The lowest BCUT2D eigenvalue weighted by Crippen LogP contribution is -2.39. The molecular formula is C16H32N2O6. The number of carbonyl (C=O) groups is 2. The fraction of sp³-hybridized carbons (Fsp3) is 0.875. The summed E-state index contributed by atoms with van der Waals surface area (Å²) in [6.07, 6.45) is -1.93. The average molecular weight is 348 g/mol. The summed E-state index contributed by atoms with van der Waals surface area (Å²) in [5.74, 6) is -1.13. The largest absolute Gasteiger partial charge is 0.461 e. The van der Waals surface area contributed by atoms with Crippen LogP contribution in [0.1, 0.15) is 40.5 Å². The van der Waals surface area contributed by atoms with Crippen LogP contribution in [0.5, 0.6) is 0 Å². The van der Waals surface area contributed by atoms with Crippen molar-refractivity contribution in [1.29, 1.82) is 0 Å². The molecule has 24 heavy (non-hydrogen) atoms. The number of aliphatic hydroxyl groups excluding tert-OH is 2. The third-order valence-corrected chi connectivity index (χ3v) is 3.79. The monoisotopic (exact) mass is 348 g/mol. The normalized spacial score (nSPS) is 13.8. The molecule has 2 atom stereocenters. The maximum Gasteiger partial charge on any atom is 0.306 e.